The molecule has 0 saturated heterocycles. The van der Waals surface area contributed by atoms with Gasteiger partial charge in [0.2, 0.25) is 0 Å². The van der Waals surface area contributed by atoms with E-state index >= 15 is 0 Å². The Bertz CT molecular complexity index is 1270. The Morgan fingerprint density at radius 1 is 1.15 bits per heavy atom. The van der Waals surface area contributed by atoms with Crippen molar-refractivity contribution in [3.8, 4) is 0 Å². The van der Waals surface area contributed by atoms with E-state index in [4.69, 9.17) is 5.11 Å². The van der Waals surface area contributed by atoms with Gasteiger partial charge in [-0.1, -0.05) is 30.4 Å². The molecular formula is C25H24N4O4. The number of carbonyl (C=O) groups is 2. The van der Waals surface area contributed by atoms with E-state index in [-0.39, 0.29) is 18.0 Å². The third-order valence-corrected chi connectivity index (χ3v) is 5.76. The van der Waals surface area contributed by atoms with Crippen LogP contribution >= 0.6 is 0 Å². The van der Waals surface area contributed by atoms with Crippen molar-refractivity contribution in [3.05, 3.63) is 77.4 Å². The summed E-state index contributed by atoms with van der Waals surface area (Å²) in [5.41, 5.74) is 6.92. The van der Waals surface area contributed by atoms with Gasteiger partial charge in [-0.2, -0.15) is 15.2 Å². The minimum Gasteiger partial charge on any atom is -0.479 e. The van der Waals surface area contributed by atoms with E-state index in [0.29, 0.717) is 17.1 Å². The SMILES string of the molecule is CC1=NN(c2ccc(C)c(C)c2)C(=O)C1=NNc1cccc(C2=CCC(O)(C(=O)O)C=C2)c1. The van der Waals surface area contributed by atoms with E-state index in [1.807, 2.05) is 50.2 Å². The van der Waals surface area contributed by atoms with Gasteiger partial charge in [0.25, 0.3) is 0 Å². The molecule has 1 heterocycles. The third-order valence-electron chi connectivity index (χ3n) is 5.76. The van der Waals surface area contributed by atoms with Crippen molar-refractivity contribution < 1.29 is 19.8 Å². The number of rotatable bonds is 5. The van der Waals surface area contributed by atoms with Gasteiger partial charge in [0.15, 0.2) is 11.3 Å². The molecule has 2 aromatic rings. The van der Waals surface area contributed by atoms with Crippen LogP contribution in [0.15, 0.2) is 70.9 Å². The first-order chi connectivity index (χ1) is 15.7. The van der Waals surface area contributed by atoms with Crippen molar-refractivity contribution in [2.75, 3.05) is 10.4 Å². The Balaban J connectivity index is 1.51. The van der Waals surface area contributed by atoms with Gasteiger partial charge in [0.05, 0.1) is 17.1 Å². The van der Waals surface area contributed by atoms with Crippen molar-refractivity contribution in [3.63, 3.8) is 0 Å². The molecule has 0 radical (unpaired) electrons. The number of benzene rings is 2. The van der Waals surface area contributed by atoms with Gasteiger partial charge < -0.3 is 10.2 Å². The second-order valence-electron chi connectivity index (χ2n) is 8.15. The van der Waals surface area contributed by atoms with Crippen molar-refractivity contribution in [1.82, 2.24) is 0 Å². The molecule has 1 unspecified atom stereocenters. The number of carboxylic acid groups (broad SMARTS) is 1. The number of amides is 1. The maximum absolute atomic E-state index is 12.9. The molecule has 0 bridgehead atoms. The van der Waals surface area contributed by atoms with Crippen molar-refractivity contribution in [1.29, 1.82) is 0 Å². The summed E-state index contributed by atoms with van der Waals surface area (Å²) in [7, 11) is 0. The average molecular weight is 444 g/mol. The Kier molecular flexibility index (Phi) is 5.69. The fourth-order valence-electron chi connectivity index (χ4n) is 3.55. The lowest BCUT2D eigenvalue weighted by Crippen LogP contribution is -2.36. The Labute approximate surface area is 191 Å². The lowest BCUT2D eigenvalue weighted by atomic mass is 9.89. The second-order valence-corrected chi connectivity index (χ2v) is 8.15. The monoisotopic (exact) mass is 444 g/mol. The summed E-state index contributed by atoms with van der Waals surface area (Å²) in [5, 5.41) is 29.2. The normalized spacial score (nSPS) is 21.3. The maximum atomic E-state index is 12.9. The molecule has 8 heteroatoms. The number of nitrogens with one attached hydrogen (secondary N) is 1. The summed E-state index contributed by atoms with van der Waals surface area (Å²) in [4.78, 5) is 24.1. The van der Waals surface area contributed by atoms with Crippen LogP contribution in [0.4, 0.5) is 11.4 Å². The van der Waals surface area contributed by atoms with E-state index < -0.39 is 11.6 Å². The molecule has 0 aromatic heterocycles. The second kappa shape index (κ2) is 8.48. The zero-order valence-corrected chi connectivity index (χ0v) is 18.5. The van der Waals surface area contributed by atoms with Crippen LogP contribution in [-0.2, 0) is 9.59 Å². The zero-order chi connectivity index (χ0) is 23.8. The number of carbonyl (C=O) groups excluding carboxylic acids is 1. The van der Waals surface area contributed by atoms with Crippen LogP contribution in [0.1, 0.15) is 30.0 Å². The number of nitrogens with zero attached hydrogens (tertiary/aromatic N) is 3. The molecule has 1 aliphatic heterocycles. The summed E-state index contributed by atoms with van der Waals surface area (Å²) in [6.07, 6.45) is 4.52. The first kappa shape index (κ1) is 22.2. The lowest BCUT2D eigenvalue weighted by Gasteiger charge is -2.21. The van der Waals surface area contributed by atoms with Gasteiger partial charge in [-0.15, -0.1) is 0 Å². The molecule has 3 N–H and O–H groups in total. The van der Waals surface area contributed by atoms with E-state index in [9.17, 15) is 14.7 Å². The van der Waals surface area contributed by atoms with E-state index in [1.165, 1.54) is 11.1 Å². The Morgan fingerprint density at radius 2 is 1.94 bits per heavy atom. The maximum Gasteiger partial charge on any atom is 0.340 e. The van der Waals surface area contributed by atoms with E-state index in [2.05, 4.69) is 15.6 Å². The van der Waals surface area contributed by atoms with Crippen molar-refractivity contribution in [2.24, 2.45) is 10.2 Å². The van der Waals surface area contributed by atoms with Crippen LogP contribution in [0, 0.1) is 13.8 Å². The van der Waals surface area contributed by atoms with Crippen LogP contribution < -0.4 is 10.4 Å². The standard InChI is InChI=1S/C25H24N4O4/c1-15-7-8-21(13-16(15)2)29-23(30)22(17(3)28-29)27-26-20-6-4-5-19(14-20)18-9-11-25(33,12-10-18)24(31)32/h4-11,13-14,26,33H,12H2,1-3H3,(H,31,32). The topological polar surface area (TPSA) is 115 Å². The van der Waals surface area contributed by atoms with Crippen LogP contribution in [0.5, 0.6) is 0 Å². The quantitative estimate of drug-likeness (QED) is 0.609. The number of allylic oxidation sites excluding steroid dienone is 2. The fourth-order valence-corrected chi connectivity index (χ4v) is 3.55. The molecule has 1 atom stereocenters. The molecule has 0 spiro atoms. The number of hydrazone groups is 2. The number of hydrogen-bond donors (Lipinski definition) is 3. The Hall–Kier alpha value is -4.04. The van der Waals surface area contributed by atoms with Gasteiger partial charge in [-0.25, -0.2) is 4.79 Å². The lowest BCUT2D eigenvalue weighted by molar-refractivity contribution is -0.153. The number of anilines is 2. The van der Waals surface area contributed by atoms with Crippen LogP contribution in [0.3, 0.4) is 0 Å². The highest BCUT2D eigenvalue weighted by Gasteiger charge is 2.34. The molecule has 1 amide bonds. The smallest absolute Gasteiger partial charge is 0.340 e. The highest BCUT2D eigenvalue weighted by Crippen LogP contribution is 2.28. The number of hydrogen-bond acceptors (Lipinski definition) is 6. The first-order valence-corrected chi connectivity index (χ1v) is 10.4. The minimum atomic E-state index is -1.88. The van der Waals surface area contributed by atoms with Crippen molar-refractivity contribution >= 4 is 40.2 Å². The summed E-state index contributed by atoms with van der Waals surface area (Å²) in [6, 6.07) is 13.1. The molecular weight excluding hydrogens is 420 g/mol. The molecule has 2 aromatic carbocycles. The van der Waals surface area contributed by atoms with Crippen LogP contribution in [-0.4, -0.2) is 39.1 Å². The summed E-state index contributed by atoms with van der Waals surface area (Å²) < 4.78 is 0. The van der Waals surface area contributed by atoms with Gasteiger partial charge in [0.1, 0.15) is 0 Å². The number of carboxylic acids is 1. The molecule has 0 saturated carbocycles. The highest BCUT2D eigenvalue weighted by molar-refractivity contribution is 6.71. The van der Waals surface area contributed by atoms with E-state index in [1.54, 1.807) is 25.1 Å². The van der Waals surface area contributed by atoms with Gasteiger partial charge in [-0.3, -0.25) is 10.2 Å². The first-order valence-electron chi connectivity index (χ1n) is 10.4. The minimum absolute atomic E-state index is 0.0212. The van der Waals surface area contributed by atoms with Crippen LogP contribution in [0.25, 0.3) is 5.57 Å². The molecule has 0 fully saturated rings. The summed E-state index contributed by atoms with van der Waals surface area (Å²) in [6.45, 7) is 5.73. The predicted molar refractivity (Wildman–Crippen MR) is 128 cm³/mol. The summed E-state index contributed by atoms with van der Waals surface area (Å²) >= 11 is 0. The molecule has 1 aliphatic carbocycles. The molecule has 8 nitrogen and oxygen atoms in total. The molecule has 2 aliphatic rings. The third kappa shape index (κ3) is 4.33. The van der Waals surface area contributed by atoms with Gasteiger partial charge in [-0.05, 0) is 73.4 Å². The van der Waals surface area contributed by atoms with E-state index in [0.717, 1.165) is 22.3 Å². The van der Waals surface area contributed by atoms with Crippen molar-refractivity contribution in [2.45, 2.75) is 32.8 Å². The number of aryl methyl sites for hydroxylation is 2. The number of aliphatic carboxylic acids is 1. The fraction of sp³-hybridized carbons (Fsp3) is 0.200. The molecule has 168 valence electrons. The molecule has 4 rings (SSSR count). The number of aliphatic hydroxyl groups is 1. The van der Waals surface area contributed by atoms with Gasteiger partial charge in [0, 0.05) is 6.42 Å². The average Bonchev–Trinajstić information content (AvgIpc) is 3.08. The largest absolute Gasteiger partial charge is 0.479 e. The summed E-state index contributed by atoms with van der Waals surface area (Å²) in [5.74, 6) is -1.60. The molecule has 33 heavy (non-hydrogen) atoms. The zero-order valence-electron chi connectivity index (χ0n) is 18.5. The van der Waals surface area contributed by atoms with Gasteiger partial charge >= 0.3 is 11.9 Å². The predicted octanol–water partition coefficient (Wildman–Crippen LogP) is 3.65. The van der Waals surface area contributed by atoms with Crippen LogP contribution in [0.2, 0.25) is 0 Å². The Morgan fingerprint density at radius 3 is 2.61 bits per heavy atom. The highest BCUT2D eigenvalue weighted by atomic mass is 16.4.